The third kappa shape index (κ3) is 4.09. The van der Waals surface area contributed by atoms with Crippen molar-refractivity contribution >= 4 is 23.3 Å². The van der Waals surface area contributed by atoms with Gasteiger partial charge >= 0.3 is 5.97 Å². The lowest BCUT2D eigenvalue weighted by molar-refractivity contribution is -0.188. The van der Waals surface area contributed by atoms with E-state index in [4.69, 9.17) is 27.1 Å². The molecule has 2 aliphatic rings. The first-order valence-electron chi connectivity index (χ1n) is 10.2. The van der Waals surface area contributed by atoms with Gasteiger partial charge in [0.2, 0.25) is 0 Å². The molecule has 4 rings (SSSR count). The van der Waals surface area contributed by atoms with Crippen molar-refractivity contribution in [1.29, 1.82) is 10.8 Å². The lowest BCUT2D eigenvalue weighted by atomic mass is 9.89. The van der Waals surface area contributed by atoms with Crippen LogP contribution >= 0.6 is 0 Å². The van der Waals surface area contributed by atoms with Crippen LogP contribution in [0, 0.1) is 10.8 Å². The molecule has 2 unspecified atom stereocenters. The maximum absolute atomic E-state index is 11.8. The molecule has 2 atom stereocenters. The average molecular weight is 419 g/mol. The highest BCUT2D eigenvalue weighted by atomic mass is 16.7. The molecule has 2 heterocycles. The fourth-order valence-electron chi connectivity index (χ4n) is 4.23. The normalized spacial score (nSPS) is 20.1. The SMILES string of the molecule is CC(=O)ON1C(c2ccc(C(=N)N)cc2)=CN2CC(c3ccc(C(=N)N)cc3)CCC21. The van der Waals surface area contributed by atoms with Crippen LogP contribution in [0.1, 0.15) is 47.9 Å². The number of carbonyl (C=O) groups is 1. The topological polar surface area (TPSA) is 133 Å². The Morgan fingerprint density at radius 1 is 0.968 bits per heavy atom. The van der Waals surface area contributed by atoms with Gasteiger partial charge in [0.15, 0.2) is 0 Å². The van der Waals surface area contributed by atoms with E-state index >= 15 is 0 Å². The molecule has 1 fully saturated rings. The average Bonchev–Trinajstić information content (AvgIpc) is 3.11. The molecule has 1 saturated heterocycles. The summed E-state index contributed by atoms with van der Waals surface area (Å²) >= 11 is 0. The number of amidine groups is 2. The van der Waals surface area contributed by atoms with Gasteiger partial charge in [0.05, 0.1) is 0 Å². The Hall–Kier alpha value is -3.81. The summed E-state index contributed by atoms with van der Waals surface area (Å²) in [4.78, 5) is 19.6. The number of nitrogen functional groups attached to an aromatic ring is 2. The van der Waals surface area contributed by atoms with E-state index in [1.165, 1.54) is 12.5 Å². The van der Waals surface area contributed by atoms with Gasteiger partial charge in [-0.1, -0.05) is 48.5 Å². The van der Waals surface area contributed by atoms with Crippen molar-refractivity contribution < 1.29 is 9.63 Å². The van der Waals surface area contributed by atoms with E-state index in [0.29, 0.717) is 11.5 Å². The van der Waals surface area contributed by atoms with Crippen molar-refractivity contribution in [3.8, 4) is 0 Å². The predicted octanol–water partition coefficient (Wildman–Crippen LogP) is 2.55. The second-order valence-electron chi connectivity index (χ2n) is 7.90. The summed E-state index contributed by atoms with van der Waals surface area (Å²) in [5.41, 5.74) is 15.4. The molecule has 0 aliphatic carbocycles. The number of hydrogen-bond acceptors (Lipinski definition) is 6. The largest absolute Gasteiger partial charge is 0.384 e. The van der Waals surface area contributed by atoms with Gasteiger partial charge in [0.25, 0.3) is 0 Å². The molecule has 8 heteroatoms. The minimum absolute atomic E-state index is 0.0137. The van der Waals surface area contributed by atoms with Gasteiger partial charge in [0.1, 0.15) is 23.5 Å². The lowest BCUT2D eigenvalue weighted by Gasteiger charge is -2.39. The third-order valence-electron chi connectivity index (χ3n) is 5.80. The zero-order valence-corrected chi connectivity index (χ0v) is 17.3. The van der Waals surface area contributed by atoms with Gasteiger partial charge in [0, 0.05) is 42.3 Å². The maximum Gasteiger partial charge on any atom is 0.329 e. The molecular weight excluding hydrogens is 392 g/mol. The van der Waals surface area contributed by atoms with Crippen LogP contribution in [-0.4, -0.2) is 40.3 Å². The van der Waals surface area contributed by atoms with Crippen molar-refractivity contribution in [2.45, 2.75) is 31.8 Å². The number of hydroxylamine groups is 2. The smallest absolute Gasteiger partial charge is 0.329 e. The number of nitrogens with two attached hydrogens (primary N) is 2. The lowest BCUT2D eigenvalue weighted by Crippen LogP contribution is -2.45. The number of nitrogens with zero attached hydrogens (tertiary/aromatic N) is 2. The predicted molar refractivity (Wildman–Crippen MR) is 119 cm³/mol. The molecule has 2 aromatic carbocycles. The van der Waals surface area contributed by atoms with Crippen LogP contribution in [-0.2, 0) is 9.63 Å². The van der Waals surface area contributed by atoms with E-state index < -0.39 is 0 Å². The van der Waals surface area contributed by atoms with Crippen molar-refractivity contribution in [2.75, 3.05) is 6.54 Å². The monoisotopic (exact) mass is 418 g/mol. The van der Waals surface area contributed by atoms with Crippen LogP contribution in [0.2, 0.25) is 0 Å². The second kappa shape index (κ2) is 8.14. The summed E-state index contributed by atoms with van der Waals surface area (Å²) in [6.07, 6.45) is 3.76. The van der Waals surface area contributed by atoms with Crippen LogP contribution in [0.3, 0.4) is 0 Å². The molecular formula is C23H26N6O2. The summed E-state index contributed by atoms with van der Waals surface area (Å²) in [6.45, 7) is 2.19. The molecule has 0 saturated carbocycles. The highest BCUT2D eigenvalue weighted by Gasteiger charge is 2.39. The summed E-state index contributed by atoms with van der Waals surface area (Å²) in [5, 5.41) is 16.8. The molecule has 8 nitrogen and oxygen atoms in total. The highest BCUT2D eigenvalue weighted by molar-refractivity contribution is 5.95. The molecule has 0 amide bonds. The van der Waals surface area contributed by atoms with Gasteiger partial charge in [-0.25, -0.2) is 0 Å². The Morgan fingerprint density at radius 2 is 1.55 bits per heavy atom. The van der Waals surface area contributed by atoms with Crippen LogP contribution in [0.5, 0.6) is 0 Å². The van der Waals surface area contributed by atoms with Gasteiger partial charge in [-0.05, 0) is 18.4 Å². The minimum atomic E-state index is -0.366. The molecule has 2 aromatic rings. The third-order valence-corrected chi connectivity index (χ3v) is 5.80. The van der Waals surface area contributed by atoms with Crippen LogP contribution < -0.4 is 11.5 Å². The first-order valence-corrected chi connectivity index (χ1v) is 10.2. The number of carbonyl (C=O) groups excluding carboxylic acids is 1. The number of benzene rings is 2. The van der Waals surface area contributed by atoms with Crippen molar-refractivity contribution in [3.05, 3.63) is 77.0 Å². The van der Waals surface area contributed by atoms with E-state index in [-0.39, 0.29) is 23.8 Å². The first-order chi connectivity index (χ1) is 14.8. The molecule has 0 bridgehead atoms. The maximum atomic E-state index is 11.8. The molecule has 31 heavy (non-hydrogen) atoms. The van der Waals surface area contributed by atoms with E-state index in [1.54, 1.807) is 17.2 Å². The molecule has 0 spiro atoms. The van der Waals surface area contributed by atoms with Crippen molar-refractivity contribution in [2.24, 2.45) is 11.5 Å². The molecule has 160 valence electrons. The Bertz CT molecular complexity index is 1040. The van der Waals surface area contributed by atoms with Gasteiger partial charge in [-0.15, -0.1) is 0 Å². The number of fused-ring (bicyclic) bond motifs is 1. The quantitative estimate of drug-likeness (QED) is 0.436. The van der Waals surface area contributed by atoms with Crippen LogP contribution in [0.15, 0.2) is 54.7 Å². The minimum Gasteiger partial charge on any atom is -0.384 e. The summed E-state index contributed by atoms with van der Waals surface area (Å²) in [6, 6.07) is 15.2. The number of hydrogen-bond donors (Lipinski definition) is 4. The zero-order valence-electron chi connectivity index (χ0n) is 17.3. The molecule has 0 aromatic heterocycles. The van der Waals surface area contributed by atoms with E-state index in [2.05, 4.69) is 4.90 Å². The molecule has 6 N–H and O–H groups in total. The van der Waals surface area contributed by atoms with E-state index in [9.17, 15) is 4.79 Å². The second-order valence-corrected chi connectivity index (χ2v) is 7.90. The Kier molecular flexibility index (Phi) is 5.37. The molecule has 0 radical (unpaired) electrons. The van der Waals surface area contributed by atoms with E-state index in [0.717, 1.165) is 36.2 Å². The number of rotatable bonds is 5. The van der Waals surface area contributed by atoms with Gasteiger partial charge in [-0.3, -0.25) is 15.6 Å². The standard InChI is InChI=1S/C23H26N6O2/c1-14(30)31-29-20(16-4-8-18(9-5-16)23(26)27)13-28-12-19(10-11-21(28)29)15-2-6-17(7-3-15)22(24)25/h2-9,13,19,21H,10-12H2,1H3,(H3,24,25)(H3,26,27). The molecule has 2 aliphatic heterocycles. The van der Waals surface area contributed by atoms with Crippen molar-refractivity contribution in [1.82, 2.24) is 9.96 Å². The summed E-state index contributed by atoms with van der Waals surface area (Å²) in [5.74, 6) is 0.0391. The van der Waals surface area contributed by atoms with Gasteiger partial charge < -0.3 is 21.2 Å². The van der Waals surface area contributed by atoms with Crippen LogP contribution in [0.25, 0.3) is 5.70 Å². The zero-order chi connectivity index (χ0) is 22.1. The Labute approximate surface area is 181 Å². The Morgan fingerprint density at radius 3 is 2.10 bits per heavy atom. The number of piperidine rings is 1. The Balaban J connectivity index is 1.59. The summed E-state index contributed by atoms with van der Waals surface area (Å²) < 4.78 is 0. The number of nitrogens with one attached hydrogen (secondary N) is 2. The first kappa shape index (κ1) is 20.5. The fraction of sp³-hybridized carbons (Fsp3) is 0.261. The van der Waals surface area contributed by atoms with E-state index in [1.807, 2.05) is 42.6 Å². The highest BCUT2D eigenvalue weighted by Crippen LogP contribution is 2.40. The van der Waals surface area contributed by atoms with Crippen LogP contribution in [0.4, 0.5) is 0 Å². The van der Waals surface area contributed by atoms with Crippen molar-refractivity contribution in [3.63, 3.8) is 0 Å². The van der Waals surface area contributed by atoms with Gasteiger partial charge in [-0.2, -0.15) is 5.06 Å². The summed E-state index contributed by atoms with van der Waals surface area (Å²) in [7, 11) is 0. The fourth-order valence-corrected chi connectivity index (χ4v) is 4.23.